The number of rotatable bonds is 8. The third kappa shape index (κ3) is 6.37. The van der Waals surface area contributed by atoms with Gasteiger partial charge in [-0.15, -0.1) is 11.3 Å². The van der Waals surface area contributed by atoms with E-state index in [2.05, 4.69) is 32.9 Å². The first-order chi connectivity index (χ1) is 18.9. The number of carbonyl (C=O) groups excluding carboxylic acids is 3. The van der Waals surface area contributed by atoms with Crippen molar-refractivity contribution in [1.29, 1.82) is 0 Å². The van der Waals surface area contributed by atoms with Crippen LogP contribution in [0.2, 0.25) is 0 Å². The molecule has 1 saturated carbocycles. The number of likely N-dealkylation sites (N-methyl/N-ethyl adjacent to an activating group) is 1. The predicted octanol–water partition coefficient (Wildman–Crippen LogP) is 3.99. The van der Waals surface area contributed by atoms with Crippen LogP contribution in [0.5, 0.6) is 0 Å². The molecule has 1 aliphatic carbocycles. The number of ketones is 1. The van der Waals surface area contributed by atoms with Crippen molar-refractivity contribution in [2.45, 2.75) is 37.6 Å². The van der Waals surface area contributed by atoms with Crippen molar-refractivity contribution >= 4 is 34.1 Å². The molecule has 0 radical (unpaired) electrons. The van der Waals surface area contributed by atoms with Gasteiger partial charge in [-0.1, -0.05) is 61.7 Å². The summed E-state index contributed by atoms with van der Waals surface area (Å²) >= 11 is 1.64. The van der Waals surface area contributed by atoms with E-state index in [4.69, 9.17) is 4.98 Å². The topological polar surface area (TPSA) is 94.6 Å². The molecule has 2 aliphatic rings. The Morgan fingerprint density at radius 2 is 1.59 bits per heavy atom. The highest BCUT2D eigenvalue weighted by Gasteiger charge is 2.41. The summed E-state index contributed by atoms with van der Waals surface area (Å²) in [6, 6.07) is 16.3. The predicted molar refractivity (Wildman–Crippen MR) is 154 cm³/mol. The van der Waals surface area contributed by atoms with Gasteiger partial charge in [0.15, 0.2) is 10.9 Å². The van der Waals surface area contributed by atoms with Gasteiger partial charge in [-0.3, -0.25) is 14.4 Å². The van der Waals surface area contributed by atoms with Gasteiger partial charge in [0, 0.05) is 48.2 Å². The molecule has 2 N–H and O–H groups in total. The SMILES string of the molecule is CN1CCN(c2nc(-c3ccc(C(=O)NC4(C(=O)NCC(=O)c5ccccc5)CCCCC4)cc3)cs2)CC1. The molecule has 39 heavy (non-hydrogen) atoms. The number of nitrogens with one attached hydrogen (secondary N) is 2. The molecule has 8 nitrogen and oxygen atoms in total. The molecular formula is C30H35N5O3S. The van der Waals surface area contributed by atoms with Crippen molar-refractivity contribution in [2.75, 3.05) is 44.7 Å². The van der Waals surface area contributed by atoms with Crippen LogP contribution in [0.25, 0.3) is 11.3 Å². The van der Waals surface area contributed by atoms with E-state index < -0.39 is 5.54 Å². The Morgan fingerprint density at radius 3 is 2.28 bits per heavy atom. The van der Waals surface area contributed by atoms with Gasteiger partial charge >= 0.3 is 0 Å². The van der Waals surface area contributed by atoms with Crippen LogP contribution in [-0.4, -0.2) is 72.8 Å². The van der Waals surface area contributed by atoms with Crippen LogP contribution in [0.15, 0.2) is 60.0 Å². The molecular weight excluding hydrogens is 510 g/mol. The van der Waals surface area contributed by atoms with E-state index in [9.17, 15) is 14.4 Å². The van der Waals surface area contributed by atoms with E-state index in [1.165, 1.54) is 0 Å². The van der Waals surface area contributed by atoms with Crippen LogP contribution in [0.1, 0.15) is 52.8 Å². The summed E-state index contributed by atoms with van der Waals surface area (Å²) in [7, 11) is 2.14. The molecule has 1 aromatic heterocycles. The van der Waals surface area contributed by atoms with Crippen LogP contribution in [0.4, 0.5) is 5.13 Å². The summed E-state index contributed by atoms with van der Waals surface area (Å²) < 4.78 is 0. The van der Waals surface area contributed by atoms with Gasteiger partial charge in [0.1, 0.15) is 5.54 Å². The monoisotopic (exact) mass is 545 g/mol. The zero-order valence-corrected chi connectivity index (χ0v) is 23.1. The van der Waals surface area contributed by atoms with Crippen LogP contribution >= 0.6 is 11.3 Å². The Balaban J connectivity index is 1.23. The molecule has 204 valence electrons. The minimum absolute atomic E-state index is 0.0983. The fourth-order valence-electron chi connectivity index (χ4n) is 5.24. The Bertz CT molecular complexity index is 1290. The number of aromatic nitrogens is 1. The second-order valence-electron chi connectivity index (χ2n) is 10.5. The number of amides is 2. The normalized spacial score (nSPS) is 17.4. The van der Waals surface area contributed by atoms with E-state index >= 15 is 0 Å². The first-order valence-corrected chi connectivity index (χ1v) is 14.5. The molecule has 2 heterocycles. The summed E-state index contributed by atoms with van der Waals surface area (Å²) in [4.78, 5) is 48.6. The number of thiazole rings is 1. The minimum Gasteiger partial charge on any atom is -0.347 e. The summed E-state index contributed by atoms with van der Waals surface area (Å²) in [5.74, 6) is -0.741. The number of piperazine rings is 1. The van der Waals surface area contributed by atoms with Gasteiger partial charge in [-0.2, -0.15) is 0 Å². The lowest BCUT2D eigenvalue weighted by Gasteiger charge is -2.36. The highest BCUT2D eigenvalue weighted by molar-refractivity contribution is 7.14. The number of Topliss-reactive ketones (excluding diaryl/α,β-unsaturated/α-hetero) is 1. The van der Waals surface area contributed by atoms with Crippen molar-refractivity contribution in [3.05, 3.63) is 71.1 Å². The lowest BCUT2D eigenvalue weighted by molar-refractivity contribution is -0.128. The van der Waals surface area contributed by atoms with Gasteiger partial charge in [0.05, 0.1) is 12.2 Å². The summed E-state index contributed by atoms with van der Waals surface area (Å²) in [5, 5.41) is 8.91. The van der Waals surface area contributed by atoms with Crippen LogP contribution < -0.4 is 15.5 Å². The lowest BCUT2D eigenvalue weighted by Crippen LogP contribution is -2.60. The van der Waals surface area contributed by atoms with Gasteiger partial charge in [-0.25, -0.2) is 4.98 Å². The highest BCUT2D eigenvalue weighted by Crippen LogP contribution is 2.30. The fraction of sp³-hybridized carbons (Fsp3) is 0.400. The van der Waals surface area contributed by atoms with Gasteiger partial charge in [-0.05, 0) is 32.0 Å². The first kappa shape index (κ1) is 27.0. The van der Waals surface area contributed by atoms with Gasteiger partial charge < -0.3 is 20.4 Å². The standard InChI is InChI=1S/C30H35N5O3S/c1-34-16-18-35(19-17-34)29-32-25(21-39-29)22-10-12-24(13-11-22)27(37)33-30(14-6-3-7-15-30)28(38)31-20-26(36)23-8-4-2-5-9-23/h2,4-5,8-13,21H,3,6-7,14-20H2,1H3,(H,31,38)(H,33,37). The molecule has 9 heteroatoms. The van der Waals surface area contributed by atoms with E-state index in [1.54, 1.807) is 47.7 Å². The molecule has 0 bridgehead atoms. The second-order valence-corrected chi connectivity index (χ2v) is 11.3. The molecule has 2 aromatic carbocycles. The molecule has 0 unspecified atom stereocenters. The molecule has 0 spiro atoms. The van der Waals surface area contributed by atoms with Crippen molar-refractivity contribution in [3.63, 3.8) is 0 Å². The molecule has 0 atom stereocenters. The van der Waals surface area contributed by atoms with Crippen LogP contribution in [-0.2, 0) is 4.79 Å². The maximum Gasteiger partial charge on any atom is 0.252 e. The fourth-order valence-corrected chi connectivity index (χ4v) is 6.13. The highest BCUT2D eigenvalue weighted by atomic mass is 32.1. The van der Waals surface area contributed by atoms with Gasteiger partial charge in [0.2, 0.25) is 5.91 Å². The summed E-state index contributed by atoms with van der Waals surface area (Å²) in [6.45, 7) is 3.90. The molecule has 1 aliphatic heterocycles. The number of nitrogens with zero attached hydrogens (tertiary/aromatic N) is 3. The number of anilines is 1. The maximum absolute atomic E-state index is 13.3. The third-order valence-corrected chi connectivity index (χ3v) is 8.61. The molecule has 2 amide bonds. The summed E-state index contributed by atoms with van der Waals surface area (Å²) in [6.07, 6.45) is 3.82. The van der Waals surface area contributed by atoms with E-state index in [-0.39, 0.29) is 24.1 Å². The number of hydrogen-bond acceptors (Lipinski definition) is 7. The zero-order chi connectivity index (χ0) is 27.2. The van der Waals surface area contributed by atoms with Gasteiger partial charge in [0.25, 0.3) is 5.91 Å². The smallest absolute Gasteiger partial charge is 0.252 e. The average Bonchev–Trinajstić information content (AvgIpc) is 3.47. The number of benzene rings is 2. The van der Waals surface area contributed by atoms with Crippen molar-refractivity contribution in [3.8, 4) is 11.3 Å². The zero-order valence-electron chi connectivity index (χ0n) is 22.3. The maximum atomic E-state index is 13.3. The number of carbonyl (C=O) groups is 3. The minimum atomic E-state index is -1.02. The molecule has 3 aromatic rings. The number of hydrogen-bond donors (Lipinski definition) is 2. The molecule has 1 saturated heterocycles. The largest absolute Gasteiger partial charge is 0.347 e. The van der Waals surface area contributed by atoms with E-state index in [0.717, 1.165) is 61.8 Å². The Morgan fingerprint density at radius 1 is 0.897 bits per heavy atom. The molecule has 2 fully saturated rings. The molecule has 5 rings (SSSR count). The average molecular weight is 546 g/mol. The van der Waals surface area contributed by atoms with Crippen molar-refractivity contribution in [1.82, 2.24) is 20.5 Å². The van der Waals surface area contributed by atoms with E-state index in [0.29, 0.717) is 24.0 Å². The quantitative estimate of drug-likeness (QED) is 0.416. The lowest BCUT2D eigenvalue weighted by atomic mass is 9.80. The first-order valence-electron chi connectivity index (χ1n) is 13.6. The van der Waals surface area contributed by atoms with Crippen molar-refractivity contribution < 1.29 is 14.4 Å². The van der Waals surface area contributed by atoms with Crippen LogP contribution in [0, 0.1) is 0 Å². The Hall–Kier alpha value is -3.56. The van der Waals surface area contributed by atoms with Crippen LogP contribution in [0.3, 0.4) is 0 Å². The van der Waals surface area contributed by atoms with E-state index in [1.807, 2.05) is 18.2 Å². The third-order valence-electron chi connectivity index (χ3n) is 7.71. The Kier molecular flexibility index (Phi) is 8.38. The summed E-state index contributed by atoms with van der Waals surface area (Å²) in [5.41, 5.74) is 1.87. The Labute approximate surface area is 233 Å². The van der Waals surface area contributed by atoms with Crippen molar-refractivity contribution in [2.24, 2.45) is 0 Å². The second kappa shape index (κ2) is 12.1.